The minimum Gasteiger partial charge on any atom is -0.383 e. The number of aromatic nitrogens is 4. The van der Waals surface area contributed by atoms with Crippen LogP contribution in [-0.4, -0.2) is 59.6 Å². The summed E-state index contributed by atoms with van der Waals surface area (Å²) >= 11 is 0. The van der Waals surface area contributed by atoms with Gasteiger partial charge in [0.05, 0.1) is 18.0 Å². The van der Waals surface area contributed by atoms with Crippen LogP contribution in [0.4, 0.5) is 5.82 Å². The van der Waals surface area contributed by atoms with Gasteiger partial charge in [0.25, 0.3) is 0 Å². The zero-order valence-corrected chi connectivity index (χ0v) is 13.6. The Morgan fingerprint density at radius 3 is 3.21 bits per heavy atom. The number of fused-ring (bicyclic) bond motifs is 1. The molecule has 0 saturated carbocycles. The smallest absolute Gasteiger partial charge is 0.181 e. The van der Waals surface area contributed by atoms with Crippen molar-refractivity contribution in [2.45, 2.75) is 6.04 Å². The van der Waals surface area contributed by atoms with E-state index in [0.717, 1.165) is 42.2 Å². The summed E-state index contributed by atoms with van der Waals surface area (Å²) in [5.41, 5.74) is 2.50. The molecule has 24 heavy (non-hydrogen) atoms. The maximum Gasteiger partial charge on any atom is 0.181 e. The monoisotopic (exact) mass is 326 g/mol. The number of anilines is 1. The van der Waals surface area contributed by atoms with Gasteiger partial charge < -0.3 is 15.0 Å². The SMILES string of the molecule is COC[C@H]1CN(c2cccc(-c3[nH]nc4ncccc34)n2)CCN1.[HH]. The fourth-order valence-corrected chi connectivity index (χ4v) is 3.13. The summed E-state index contributed by atoms with van der Waals surface area (Å²) in [6.45, 7) is 3.45. The Morgan fingerprint density at radius 1 is 1.33 bits per heavy atom. The topological polar surface area (TPSA) is 79.0 Å². The number of methoxy groups -OCH3 is 1. The van der Waals surface area contributed by atoms with Crippen molar-refractivity contribution in [3.63, 3.8) is 0 Å². The number of H-pyrrole nitrogens is 1. The van der Waals surface area contributed by atoms with Crippen LogP contribution in [0.3, 0.4) is 0 Å². The molecule has 7 heteroatoms. The second-order valence-electron chi connectivity index (χ2n) is 5.91. The van der Waals surface area contributed by atoms with Crippen LogP contribution >= 0.6 is 0 Å². The predicted molar refractivity (Wildman–Crippen MR) is 95.1 cm³/mol. The molecule has 1 fully saturated rings. The highest BCUT2D eigenvalue weighted by molar-refractivity contribution is 5.89. The summed E-state index contributed by atoms with van der Waals surface area (Å²) in [5.74, 6) is 0.974. The molecule has 0 aliphatic carbocycles. The van der Waals surface area contributed by atoms with E-state index in [-0.39, 0.29) is 1.43 Å². The first-order valence-corrected chi connectivity index (χ1v) is 8.09. The second kappa shape index (κ2) is 6.54. The van der Waals surface area contributed by atoms with Crippen LogP contribution in [0.5, 0.6) is 0 Å². The van der Waals surface area contributed by atoms with Gasteiger partial charge in [-0.3, -0.25) is 5.10 Å². The van der Waals surface area contributed by atoms with Gasteiger partial charge in [-0.05, 0) is 24.3 Å². The molecule has 0 unspecified atom stereocenters. The fourth-order valence-electron chi connectivity index (χ4n) is 3.13. The zero-order chi connectivity index (χ0) is 16.4. The standard InChI is InChI=1S/C17H20N6O.H2/c1-24-11-12-10-23(9-8-18-12)15-6-2-5-14(20-15)16-13-4-3-7-19-17(13)22-21-16;/h2-7,12,18H,8-11H2,1H3,(H,19,21,22);1H/t12-;/m1./s1. The first-order chi connectivity index (χ1) is 11.8. The highest BCUT2D eigenvalue weighted by Gasteiger charge is 2.20. The van der Waals surface area contributed by atoms with E-state index in [4.69, 9.17) is 9.72 Å². The van der Waals surface area contributed by atoms with Crippen molar-refractivity contribution in [3.05, 3.63) is 36.5 Å². The van der Waals surface area contributed by atoms with Crippen LogP contribution in [0.25, 0.3) is 22.4 Å². The van der Waals surface area contributed by atoms with Crippen LogP contribution in [-0.2, 0) is 4.74 Å². The number of hydrogen-bond acceptors (Lipinski definition) is 6. The highest BCUT2D eigenvalue weighted by Crippen LogP contribution is 2.25. The van der Waals surface area contributed by atoms with E-state index in [2.05, 4.69) is 31.5 Å². The lowest BCUT2D eigenvalue weighted by molar-refractivity contribution is 0.163. The molecule has 1 saturated heterocycles. The van der Waals surface area contributed by atoms with Gasteiger partial charge in [0.15, 0.2) is 5.65 Å². The van der Waals surface area contributed by atoms with Gasteiger partial charge in [0, 0.05) is 45.8 Å². The lowest BCUT2D eigenvalue weighted by atomic mass is 10.2. The molecule has 0 radical (unpaired) electrons. The lowest BCUT2D eigenvalue weighted by Crippen LogP contribution is -2.52. The average Bonchev–Trinajstić information content (AvgIpc) is 3.07. The molecule has 0 amide bonds. The number of aromatic amines is 1. The third-order valence-electron chi connectivity index (χ3n) is 4.27. The Hall–Kier alpha value is -2.51. The van der Waals surface area contributed by atoms with Crippen LogP contribution in [0.1, 0.15) is 1.43 Å². The van der Waals surface area contributed by atoms with Crippen molar-refractivity contribution in [1.82, 2.24) is 25.5 Å². The molecule has 0 bridgehead atoms. The molecule has 0 spiro atoms. The van der Waals surface area contributed by atoms with Gasteiger partial charge in [-0.1, -0.05) is 6.07 Å². The first kappa shape index (κ1) is 15.0. The van der Waals surface area contributed by atoms with E-state index >= 15 is 0 Å². The summed E-state index contributed by atoms with van der Waals surface area (Å²) in [6.07, 6.45) is 1.74. The van der Waals surface area contributed by atoms with E-state index < -0.39 is 0 Å². The van der Waals surface area contributed by atoms with E-state index in [1.54, 1.807) is 13.3 Å². The molecular weight excluding hydrogens is 304 g/mol. The van der Waals surface area contributed by atoms with Crippen LogP contribution in [0.15, 0.2) is 36.5 Å². The normalized spacial score (nSPS) is 18.2. The molecule has 4 heterocycles. The largest absolute Gasteiger partial charge is 0.383 e. The van der Waals surface area contributed by atoms with Crippen LogP contribution < -0.4 is 10.2 Å². The van der Waals surface area contributed by atoms with E-state index in [1.807, 2.05) is 24.3 Å². The molecule has 7 nitrogen and oxygen atoms in total. The predicted octanol–water partition coefficient (Wildman–Crippen LogP) is 1.69. The van der Waals surface area contributed by atoms with Gasteiger partial charge in [0.1, 0.15) is 5.82 Å². The summed E-state index contributed by atoms with van der Waals surface area (Å²) in [5, 5.41) is 11.8. The summed E-state index contributed by atoms with van der Waals surface area (Å²) in [6, 6.07) is 10.3. The van der Waals surface area contributed by atoms with Crippen LogP contribution in [0.2, 0.25) is 0 Å². The fraction of sp³-hybridized carbons (Fsp3) is 0.353. The zero-order valence-electron chi connectivity index (χ0n) is 13.6. The van der Waals surface area contributed by atoms with Crippen molar-refractivity contribution in [3.8, 4) is 11.4 Å². The number of nitrogens with one attached hydrogen (secondary N) is 2. The molecule has 1 aliphatic heterocycles. The van der Waals surface area contributed by atoms with E-state index in [1.165, 1.54) is 0 Å². The Kier molecular flexibility index (Phi) is 4.10. The molecule has 4 rings (SSSR count). The minimum atomic E-state index is 0. The van der Waals surface area contributed by atoms with Crippen molar-refractivity contribution < 1.29 is 6.16 Å². The number of hydrogen-bond donors (Lipinski definition) is 2. The van der Waals surface area contributed by atoms with E-state index in [9.17, 15) is 0 Å². The van der Waals surface area contributed by atoms with Crippen molar-refractivity contribution in [2.75, 3.05) is 38.3 Å². The van der Waals surface area contributed by atoms with Gasteiger partial charge in [-0.2, -0.15) is 5.10 Å². The number of piperazine rings is 1. The van der Waals surface area contributed by atoms with Gasteiger partial charge in [-0.15, -0.1) is 0 Å². The third-order valence-corrected chi connectivity index (χ3v) is 4.27. The number of rotatable bonds is 4. The average molecular weight is 326 g/mol. The van der Waals surface area contributed by atoms with Crippen molar-refractivity contribution >= 4 is 16.9 Å². The first-order valence-electron chi connectivity index (χ1n) is 8.09. The number of nitrogens with zero attached hydrogens (tertiary/aromatic N) is 4. The molecular formula is C17H22N6O. The Balaban J connectivity index is 0.00000182. The maximum absolute atomic E-state index is 5.27. The second-order valence-corrected chi connectivity index (χ2v) is 5.91. The van der Waals surface area contributed by atoms with Gasteiger partial charge >= 0.3 is 0 Å². The number of ether oxygens (including phenoxy) is 1. The molecule has 0 aromatic carbocycles. The Morgan fingerprint density at radius 2 is 2.29 bits per heavy atom. The third kappa shape index (κ3) is 2.83. The summed E-state index contributed by atoms with van der Waals surface area (Å²) in [4.78, 5) is 11.4. The maximum atomic E-state index is 5.27. The lowest BCUT2D eigenvalue weighted by Gasteiger charge is -2.34. The van der Waals surface area contributed by atoms with Gasteiger partial charge in [-0.25, -0.2) is 9.97 Å². The molecule has 2 N–H and O–H groups in total. The van der Waals surface area contributed by atoms with Gasteiger partial charge in [0.2, 0.25) is 0 Å². The Bertz CT molecular complexity index is 837. The van der Waals surface area contributed by atoms with Crippen molar-refractivity contribution in [1.29, 1.82) is 0 Å². The quantitative estimate of drug-likeness (QED) is 0.759. The molecule has 3 aromatic heterocycles. The van der Waals surface area contributed by atoms with E-state index in [0.29, 0.717) is 18.3 Å². The van der Waals surface area contributed by atoms with Crippen LogP contribution in [0, 0.1) is 0 Å². The molecule has 1 atom stereocenters. The molecule has 126 valence electrons. The summed E-state index contributed by atoms with van der Waals surface area (Å²) in [7, 11) is 1.73. The van der Waals surface area contributed by atoms with Crippen molar-refractivity contribution in [2.24, 2.45) is 0 Å². The highest BCUT2D eigenvalue weighted by atomic mass is 16.5. The molecule has 3 aromatic rings. The summed E-state index contributed by atoms with van der Waals surface area (Å²) < 4.78 is 5.27. The number of pyridine rings is 2. The molecule has 1 aliphatic rings. The Labute approximate surface area is 141 Å². The minimum absolute atomic E-state index is 0.